The van der Waals surface area contributed by atoms with Crippen molar-refractivity contribution < 1.29 is 13.2 Å². The number of hydrogen-bond acceptors (Lipinski definition) is 9. The highest BCUT2D eigenvalue weighted by Gasteiger charge is 2.30. The number of nitrogens with one attached hydrogen (secondary N) is 2. The van der Waals surface area contributed by atoms with Gasteiger partial charge in [0.25, 0.3) is 0 Å². The number of H-pyrrole nitrogens is 1. The van der Waals surface area contributed by atoms with Crippen LogP contribution in [0.1, 0.15) is 12.8 Å². The number of nitrogens with two attached hydrogens (primary N) is 1. The van der Waals surface area contributed by atoms with Crippen molar-refractivity contribution in [1.82, 2.24) is 29.2 Å². The molecule has 0 unspecified atom stereocenters. The molecule has 220 valence electrons. The molecule has 0 spiro atoms. The third kappa shape index (κ3) is 6.03. The molecule has 1 aliphatic heterocycles. The summed E-state index contributed by atoms with van der Waals surface area (Å²) in [5, 5.41) is 3.82. The summed E-state index contributed by atoms with van der Waals surface area (Å²) < 4.78 is 33.5. The first-order valence-electron chi connectivity index (χ1n) is 13.6. The molecule has 0 amide bonds. The number of rotatable bonds is 8. The first-order valence-corrected chi connectivity index (χ1v) is 15.4. The monoisotopic (exact) mass is 616 g/mol. The standard InChI is InChI=1S/C30H29ClN8O3S/c1-42-25-16-20(17-34-28(25)32)26-27(38-29(37-26)19-6-3-2-4-7-19)24-13-14-33-30(36-24)35-22-8-5-15-39(18-22)43(40,41)23-11-9-21(31)10-12-23/h2-4,6-7,9-14,16-17,22H,5,8,15,18H2,1H3,(H2,32,34)(H,37,38)(H,33,35,36)/t22-/m1/s1. The SMILES string of the molecule is COc1cc(-c2[nH]c(-c3ccccc3)nc2-c2ccnc(N[C@@H]3CCCN(S(=O)(=O)c4ccc(Cl)cc4)C3)n2)cnc1N. The number of sulfonamides is 1. The topological polar surface area (TPSA) is 152 Å². The lowest BCUT2D eigenvalue weighted by Gasteiger charge is -2.32. The predicted molar refractivity (Wildman–Crippen MR) is 166 cm³/mol. The zero-order valence-electron chi connectivity index (χ0n) is 23.2. The van der Waals surface area contributed by atoms with Gasteiger partial charge in [-0.05, 0) is 49.2 Å². The Morgan fingerprint density at radius 2 is 1.84 bits per heavy atom. The molecule has 6 rings (SSSR count). The summed E-state index contributed by atoms with van der Waals surface area (Å²) in [5.74, 6) is 1.75. The first-order chi connectivity index (χ1) is 20.8. The Hall–Kier alpha value is -4.52. The summed E-state index contributed by atoms with van der Waals surface area (Å²) in [7, 11) is -2.13. The van der Waals surface area contributed by atoms with Gasteiger partial charge in [0.1, 0.15) is 11.5 Å². The molecule has 0 aliphatic carbocycles. The molecular formula is C30H29ClN8O3S. The van der Waals surface area contributed by atoms with Gasteiger partial charge in [-0.15, -0.1) is 0 Å². The van der Waals surface area contributed by atoms with Crippen LogP contribution in [0.4, 0.5) is 11.8 Å². The van der Waals surface area contributed by atoms with E-state index in [-0.39, 0.29) is 23.3 Å². The Kier molecular flexibility index (Phi) is 7.98. The quantitative estimate of drug-likeness (QED) is 0.216. The Bertz CT molecular complexity index is 1850. The molecule has 2 aromatic carbocycles. The lowest BCUT2D eigenvalue weighted by molar-refractivity contribution is 0.326. The molecule has 13 heteroatoms. The van der Waals surface area contributed by atoms with E-state index in [1.165, 1.54) is 23.5 Å². The second-order valence-electron chi connectivity index (χ2n) is 10.1. The van der Waals surface area contributed by atoms with E-state index in [1.807, 2.05) is 30.3 Å². The summed E-state index contributed by atoms with van der Waals surface area (Å²) in [6.45, 7) is 0.712. The maximum absolute atomic E-state index is 13.3. The van der Waals surface area contributed by atoms with Crippen LogP contribution in [-0.2, 0) is 10.0 Å². The van der Waals surface area contributed by atoms with Gasteiger partial charge in [-0.2, -0.15) is 4.31 Å². The maximum Gasteiger partial charge on any atom is 0.243 e. The minimum atomic E-state index is -3.67. The van der Waals surface area contributed by atoms with Crippen molar-refractivity contribution in [2.45, 2.75) is 23.8 Å². The molecule has 1 atom stereocenters. The minimum Gasteiger partial charge on any atom is -0.493 e. The van der Waals surface area contributed by atoms with Crippen molar-refractivity contribution in [3.63, 3.8) is 0 Å². The molecule has 0 bridgehead atoms. The summed E-state index contributed by atoms with van der Waals surface area (Å²) in [4.78, 5) is 22.0. The molecule has 5 aromatic rings. The molecule has 3 aromatic heterocycles. The maximum atomic E-state index is 13.3. The number of hydrogen-bond donors (Lipinski definition) is 3. The van der Waals surface area contributed by atoms with Crippen LogP contribution in [0.2, 0.25) is 5.02 Å². The van der Waals surface area contributed by atoms with Crippen LogP contribution < -0.4 is 15.8 Å². The van der Waals surface area contributed by atoms with Crippen molar-refractivity contribution in [2.75, 3.05) is 31.2 Å². The van der Waals surface area contributed by atoms with Crippen LogP contribution in [0, 0.1) is 0 Å². The predicted octanol–water partition coefficient (Wildman–Crippen LogP) is 5.11. The molecule has 0 radical (unpaired) electrons. The van der Waals surface area contributed by atoms with Crippen LogP contribution in [0.5, 0.6) is 5.75 Å². The normalized spacial score (nSPS) is 15.7. The smallest absolute Gasteiger partial charge is 0.243 e. The van der Waals surface area contributed by atoms with Gasteiger partial charge in [-0.1, -0.05) is 41.9 Å². The highest BCUT2D eigenvalue weighted by Crippen LogP contribution is 2.35. The Labute approximate surface area is 254 Å². The second-order valence-corrected chi connectivity index (χ2v) is 12.4. The van der Waals surface area contributed by atoms with E-state index < -0.39 is 10.0 Å². The largest absolute Gasteiger partial charge is 0.493 e. The fourth-order valence-corrected chi connectivity index (χ4v) is 6.68. The van der Waals surface area contributed by atoms with E-state index in [0.717, 1.165) is 17.5 Å². The summed E-state index contributed by atoms with van der Waals surface area (Å²) in [6.07, 6.45) is 4.77. The number of benzene rings is 2. The van der Waals surface area contributed by atoms with Gasteiger partial charge >= 0.3 is 0 Å². The molecule has 4 heterocycles. The third-order valence-corrected chi connectivity index (χ3v) is 9.34. The van der Waals surface area contributed by atoms with Crippen molar-refractivity contribution in [2.24, 2.45) is 0 Å². The van der Waals surface area contributed by atoms with Crippen LogP contribution in [-0.4, -0.2) is 63.9 Å². The molecule has 11 nitrogen and oxygen atoms in total. The Morgan fingerprint density at radius 3 is 2.60 bits per heavy atom. The first kappa shape index (κ1) is 28.6. The zero-order chi connectivity index (χ0) is 30.0. The number of pyridine rings is 1. The average molecular weight is 617 g/mol. The number of halogens is 1. The number of imidazole rings is 1. The minimum absolute atomic E-state index is 0.185. The van der Waals surface area contributed by atoms with Crippen LogP contribution in [0.15, 0.2) is 84.0 Å². The molecular weight excluding hydrogens is 588 g/mol. The van der Waals surface area contributed by atoms with Crippen LogP contribution in [0.3, 0.4) is 0 Å². The van der Waals surface area contributed by atoms with E-state index >= 15 is 0 Å². The van der Waals surface area contributed by atoms with Gasteiger partial charge < -0.3 is 20.8 Å². The van der Waals surface area contributed by atoms with E-state index in [0.29, 0.717) is 52.6 Å². The van der Waals surface area contributed by atoms with E-state index in [1.54, 1.807) is 36.7 Å². The van der Waals surface area contributed by atoms with Gasteiger partial charge in [0.05, 0.1) is 23.4 Å². The molecule has 1 aliphatic rings. The van der Waals surface area contributed by atoms with Gasteiger partial charge in [-0.25, -0.2) is 28.4 Å². The second kappa shape index (κ2) is 12.0. The van der Waals surface area contributed by atoms with Crippen LogP contribution >= 0.6 is 11.6 Å². The Balaban J connectivity index is 1.30. The zero-order valence-corrected chi connectivity index (χ0v) is 24.8. The summed E-state index contributed by atoms with van der Waals surface area (Å²) >= 11 is 5.96. The van der Waals surface area contributed by atoms with E-state index in [2.05, 4.69) is 20.3 Å². The summed E-state index contributed by atoms with van der Waals surface area (Å²) in [6, 6.07) is 19.4. The number of ether oxygens (including phenoxy) is 1. The lowest BCUT2D eigenvalue weighted by atomic mass is 10.1. The third-order valence-electron chi connectivity index (χ3n) is 7.21. The fraction of sp³-hybridized carbons (Fsp3) is 0.200. The number of piperidine rings is 1. The van der Waals surface area contributed by atoms with Gasteiger partial charge in [-0.3, -0.25) is 0 Å². The molecule has 1 saturated heterocycles. The number of nitrogens with zero attached hydrogens (tertiary/aromatic N) is 5. The Morgan fingerprint density at radius 1 is 1.05 bits per heavy atom. The molecule has 4 N–H and O–H groups in total. The highest BCUT2D eigenvalue weighted by molar-refractivity contribution is 7.89. The average Bonchev–Trinajstić information content (AvgIpc) is 3.48. The number of nitrogen functional groups attached to an aromatic ring is 1. The number of methoxy groups -OCH3 is 1. The van der Waals surface area contributed by atoms with Crippen molar-refractivity contribution in [3.05, 3.63) is 84.1 Å². The highest BCUT2D eigenvalue weighted by atomic mass is 35.5. The van der Waals surface area contributed by atoms with Gasteiger partial charge in [0.15, 0.2) is 11.6 Å². The van der Waals surface area contributed by atoms with Crippen molar-refractivity contribution in [3.8, 4) is 39.8 Å². The lowest BCUT2D eigenvalue weighted by Crippen LogP contribution is -2.45. The van der Waals surface area contributed by atoms with E-state index in [4.69, 9.17) is 32.0 Å². The fourth-order valence-electron chi connectivity index (χ4n) is 5.03. The number of anilines is 2. The number of aromatic amines is 1. The van der Waals surface area contributed by atoms with Crippen LogP contribution in [0.25, 0.3) is 34.0 Å². The van der Waals surface area contributed by atoms with Gasteiger partial charge in [0, 0.05) is 47.7 Å². The number of aromatic nitrogens is 5. The summed E-state index contributed by atoms with van der Waals surface area (Å²) in [5.41, 5.74) is 9.45. The molecule has 0 saturated carbocycles. The molecule has 43 heavy (non-hydrogen) atoms. The molecule has 1 fully saturated rings. The van der Waals surface area contributed by atoms with E-state index in [9.17, 15) is 8.42 Å². The van der Waals surface area contributed by atoms with Crippen molar-refractivity contribution >= 4 is 33.4 Å². The van der Waals surface area contributed by atoms with Gasteiger partial charge in [0.2, 0.25) is 16.0 Å². The van der Waals surface area contributed by atoms with Crippen molar-refractivity contribution in [1.29, 1.82) is 0 Å².